The fourth-order valence-corrected chi connectivity index (χ4v) is 5.93. The Hall–Kier alpha value is -1.84. The molecule has 0 spiro atoms. The fourth-order valence-electron chi connectivity index (χ4n) is 5.93. The minimum Gasteiger partial charge on any atom is -0.508 e. The number of piperidine rings is 1. The summed E-state index contributed by atoms with van der Waals surface area (Å²) in [5, 5.41) is 19.6. The van der Waals surface area contributed by atoms with Crippen LogP contribution in [0.1, 0.15) is 49.7 Å². The molecule has 4 rings (SSSR count). The standard InChI is InChI=1S/C25H33NO2/c27-18-6-11-23-24-12-5-14-25(23,21-9-4-10-22(28)19-21)15-17-26(24)16-13-20-7-2-1-3-8-20/h1-4,7-10,19,23-24,27-28H,5-6,11-18H2/t23-,24-,25-/m1/s1. The summed E-state index contributed by atoms with van der Waals surface area (Å²) in [7, 11) is 0. The van der Waals surface area contributed by atoms with Gasteiger partial charge in [-0.3, -0.25) is 4.90 Å². The van der Waals surface area contributed by atoms with Gasteiger partial charge in [-0.25, -0.2) is 0 Å². The average Bonchev–Trinajstić information content (AvgIpc) is 2.72. The second kappa shape index (κ2) is 8.67. The number of likely N-dealkylation sites (tertiary alicyclic amines) is 1. The molecule has 150 valence electrons. The number of fused-ring (bicyclic) bond motifs is 2. The van der Waals surface area contributed by atoms with E-state index >= 15 is 0 Å². The SMILES string of the molecule is OCCC[C@@H]1[C@H]2CCC[C@]1(c1cccc(O)c1)CCN2CCc1ccccc1. The summed E-state index contributed by atoms with van der Waals surface area (Å²) in [6.07, 6.45) is 7.90. The van der Waals surface area contributed by atoms with Gasteiger partial charge in [-0.1, -0.05) is 48.9 Å². The van der Waals surface area contributed by atoms with Crippen molar-refractivity contribution < 1.29 is 10.2 Å². The Balaban J connectivity index is 1.57. The minimum absolute atomic E-state index is 0.153. The van der Waals surface area contributed by atoms with E-state index in [1.807, 2.05) is 12.1 Å². The predicted molar refractivity (Wildman–Crippen MR) is 114 cm³/mol. The third-order valence-corrected chi connectivity index (χ3v) is 7.24. The molecule has 1 heterocycles. The van der Waals surface area contributed by atoms with E-state index in [1.54, 1.807) is 6.07 Å². The maximum atomic E-state index is 10.1. The van der Waals surface area contributed by atoms with Gasteiger partial charge in [0.05, 0.1) is 0 Å². The Labute approximate surface area is 169 Å². The van der Waals surface area contributed by atoms with E-state index in [9.17, 15) is 10.2 Å². The summed E-state index contributed by atoms with van der Waals surface area (Å²) in [6, 6.07) is 19.4. The second-order valence-corrected chi connectivity index (χ2v) is 8.66. The lowest BCUT2D eigenvalue weighted by atomic mass is 9.55. The van der Waals surface area contributed by atoms with Crippen LogP contribution in [0.25, 0.3) is 0 Å². The molecule has 0 aromatic heterocycles. The van der Waals surface area contributed by atoms with Gasteiger partial charge < -0.3 is 10.2 Å². The van der Waals surface area contributed by atoms with Crippen molar-refractivity contribution in [3.05, 3.63) is 65.7 Å². The zero-order chi connectivity index (χ0) is 19.4. The Bertz CT molecular complexity index is 762. The van der Waals surface area contributed by atoms with Gasteiger partial charge >= 0.3 is 0 Å². The van der Waals surface area contributed by atoms with Gasteiger partial charge in [0.2, 0.25) is 0 Å². The molecule has 3 nitrogen and oxygen atoms in total. The third-order valence-electron chi connectivity index (χ3n) is 7.24. The van der Waals surface area contributed by atoms with E-state index in [2.05, 4.69) is 41.3 Å². The first kappa shape index (κ1) is 19.5. The zero-order valence-corrected chi connectivity index (χ0v) is 16.8. The molecule has 1 aliphatic carbocycles. The Morgan fingerprint density at radius 2 is 1.89 bits per heavy atom. The molecule has 2 bridgehead atoms. The molecule has 2 aromatic carbocycles. The Morgan fingerprint density at radius 1 is 1.04 bits per heavy atom. The van der Waals surface area contributed by atoms with Gasteiger partial charge in [-0.05, 0) is 74.2 Å². The lowest BCUT2D eigenvalue weighted by Crippen LogP contribution is -2.59. The first-order valence-electron chi connectivity index (χ1n) is 10.9. The van der Waals surface area contributed by atoms with Crippen LogP contribution in [0.5, 0.6) is 5.75 Å². The normalized spacial score (nSPS) is 27.6. The van der Waals surface area contributed by atoms with E-state index in [0.717, 1.165) is 38.8 Å². The number of phenols is 1. The number of aliphatic hydroxyl groups is 1. The highest BCUT2D eigenvalue weighted by Crippen LogP contribution is 2.53. The lowest BCUT2D eigenvalue weighted by Gasteiger charge is -2.57. The topological polar surface area (TPSA) is 43.7 Å². The number of hydrogen-bond donors (Lipinski definition) is 2. The minimum atomic E-state index is 0.153. The molecule has 3 heteroatoms. The highest BCUT2D eigenvalue weighted by molar-refractivity contribution is 5.35. The first-order valence-corrected chi connectivity index (χ1v) is 10.9. The fraction of sp³-hybridized carbons (Fsp3) is 0.520. The largest absolute Gasteiger partial charge is 0.508 e. The van der Waals surface area contributed by atoms with Crippen LogP contribution in [-0.4, -0.2) is 40.9 Å². The summed E-state index contributed by atoms with van der Waals surface area (Å²) < 4.78 is 0. The van der Waals surface area contributed by atoms with Gasteiger partial charge in [0.25, 0.3) is 0 Å². The molecule has 28 heavy (non-hydrogen) atoms. The van der Waals surface area contributed by atoms with Crippen molar-refractivity contribution in [2.24, 2.45) is 5.92 Å². The van der Waals surface area contributed by atoms with Crippen molar-refractivity contribution >= 4 is 0 Å². The van der Waals surface area contributed by atoms with Gasteiger partial charge in [-0.2, -0.15) is 0 Å². The van der Waals surface area contributed by atoms with E-state index in [1.165, 1.54) is 30.4 Å². The van der Waals surface area contributed by atoms with Crippen molar-refractivity contribution in [2.45, 2.75) is 56.4 Å². The smallest absolute Gasteiger partial charge is 0.115 e. The van der Waals surface area contributed by atoms with Crippen molar-refractivity contribution in [3.63, 3.8) is 0 Å². The summed E-state index contributed by atoms with van der Waals surface area (Å²) >= 11 is 0. The first-order chi connectivity index (χ1) is 13.7. The number of nitrogens with zero attached hydrogens (tertiary/aromatic N) is 1. The van der Waals surface area contributed by atoms with Gasteiger partial charge in [-0.15, -0.1) is 0 Å². The van der Waals surface area contributed by atoms with Gasteiger partial charge in [0.1, 0.15) is 5.75 Å². The van der Waals surface area contributed by atoms with Crippen LogP contribution in [0.15, 0.2) is 54.6 Å². The van der Waals surface area contributed by atoms with Crippen LogP contribution < -0.4 is 0 Å². The summed E-state index contributed by atoms with van der Waals surface area (Å²) in [5.41, 5.74) is 2.87. The highest BCUT2D eigenvalue weighted by atomic mass is 16.3. The third kappa shape index (κ3) is 3.83. The molecule has 1 saturated carbocycles. The molecular formula is C25H33NO2. The summed E-state index contributed by atoms with van der Waals surface area (Å²) in [4.78, 5) is 2.72. The van der Waals surface area contributed by atoms with Crippen molar-refractivity contribution in [1.29, 1.82) is 0 Å². The van der Waals surface area contributed by atoms with Crippen LogP contribution in [0, 0.1) is 5.92 Å². The molecule has 2 fully saturated rings. The number of aliphatic hydroxyl groups excluding tert-OH is 1. The summed E-state index contributed by atoms with van der Waals surface area (Å²) in [6.45, 7) is 2.51. The molecule has 0 unspecified atom stereocenters. The number of benzene rings is 2. The molecule has 3 atom stereocenters. The quantitative estimate of drug-likeness (QED) is 0.743. The molecule has 2 aromatic rings. The van der Waals surface area contributed by atoms with Crippen molar-refractivity contribution in [1.82, 2.24) is 4.90 Å². The van der Waals surface area contributed by atoms with E-state index < -0.39 is 0 Å². The average molecular weight is 380 g/mol. The lowest BCUT2D eigenvalue weighted by molar-refractivity contribution is -0.0180. The molecule has 2 N–H and O–H groups in total. The number of aromatic hydroxyl groups is 1. The molecular weight excluding hydrogens is 346 g/mol. The molecule has 0 radical (unpaired) electrons. The van der Waals surface area contributed by atoms with E-state index in [4.69, 9.17) is 0 Å². The number of phenolic OH excluding ortho intramolecular Hbond substituents is 1. The van der Waals surface area contributed by atoms with Crippen LogP contribution in [0.2, 0.25) is 0 Å². The van der Waals surface area contributed by atoms with Crippen molar-refractivity contribution in [3.8, 4) is 5.75 Å². The van der Waals surface area contributed by atoms with Crippen LogP contribution >= 0.6 is 0 Å². The van der Waals surface area contributed by atoms with Crippen molar-refractivity contribution in [2.75, 3.05) is 19.7 Å². The molecule has 0 amide bonds. The van der Waals surface area contributed by atoms with Crippen LogP contribution in [0.3, 0.4) is 0 Å². The Morgan fingerprint density at radius 3 is 2.68 bits per heavy atom. The zero-order valence-electron chi connectivity index (χ0n) is 16.8. The van der Waals surface area contributed by atoms with Gasteiger partial charge in [0, 0.05) is 24.6 Å². The monoisotopic (exact) mass is 379 g/mol. The number of rotatable bonds is 7. The molecule has 1 saturated heterocycles. The predicted octanol–water partition coefficient (Wildman–Crippen LogP) is 4.52. The highest BCUT2D eigenvalue weighted by Gasteiger charge is 2.50. The maximum absolute atomic E-state index is 10.1. The molecule has 1 aliphatic heterocycles. The van der Waals surface area contributed by atoms with E-state index in [0.29, 0.717) is 17.7 Å². The number of hydrogen-bond acceptors (Lipinski definition) is 3. The van der Waals surface area contributed by atoms with Crippen LogP contribution in [-0.2, 0) is 11.8 Å². The second-order valence-electron chi connectivity index (χ2n) is 8.66. The summed E-state index contributed by atoms with van der Waals surface area (Å²) in [5.74, 6) is 0.932. The maximum Gasteiger partial charge on any atom is 0.115 e. The van der Waals surface area contributed by atoms with E-state index in [-0.39, 0.29) is 12.0 Å². The van der Waals surface area contributed by atoms with Crippen LogP contribution in [0.4, 0.5) is 0 Å². The van der Waals surface area contributed by atoms with Gasteiger partial charge in [0.15, 0.2) is 0 Å². The molecule has 2 aliphatic rings. The Kier molecular flexibility index (Phi) is 6.03.